The molecule has 52 heavy (non-hydrogen) atoms. The lowest BCUT2D eigenvalue weighted by Crippen LogP contribution is -2.60. The van der Waals surface area contributed by atoms with Gasteiger partial charge < -0.3 is 14.5 Å². The minimum atomic E-state index is -0.637. The van der Waals surface area contributed by atoms with Gasteiger partial charge in [-0.1, -0.05) is 135 Å². The van der Waals surface area contributed by atoms with E-state index in [1.54, 1.807) is 6.07 Å². The van der Waals surface area contributed by atoms with Crippen molar-refractivity contribution in [3.63, 3.8) is 0 Å². The first-order valence-electron chi connectivity index (χ1n) is 22.8. The van der Waals surface area contributed by atoms with E-state index in [-0.39, 0.29) is 40.0 Å². The summed E-state index contributed by atoms with van der Waals surface area (Å²) in [5, 5.41) is 0. The van der Waals surface area contributed by atoms with Crippen LogP contribution in [0.5, 0.6) is 11.5 Å². The second-order valence-corrected chi connectivity index (χ2v) is 16.9. The predicted molar refractivity (Wildman–Crippen MR) is 223 cm³/mol. The highest BCUT2D eigenvalue weighted by Gasteiger charge is 2.43. The summed E-state index contributed by atoms with van der Waals surface area (Å²) in [5.41, 5.74) is 7.56. The molecule has 2 aliphatic heterocycles. The first-order chi connectivity index (χ1) is 28.8. The molecule has 0 amide bonds. The molecule has 6 aromatic rings. The molecule has 0 saturated carbocycles. The van der Waals surface area contributed by atoms with Crippen molar-refractivity contribution in [2.24, 2.45) is 0 Å². The van der Waals surface area contributed by atoms with Gasteiger partial charge in [0.2, 0.25) is 0 Å². The van der Waals surface area contributed by atoms with Gasteiger partial charge in [0.25, 0.3) is 6.71 Å². The predicted octanol–water partition coefficient (Wildman–Crippen LogP) is 11.5. The van der Waals surface area contributed by atoms with Crippen LogP contribution in [0.4, 0.5) is 34.1 Å². The van der Waals surface area contributed by atoms with Crippen molar-refractivity contribution < 1.29 is 18.4 Å². The quantitative estimate of drug-likeness (QED) is 0.171. The Labute approximate surface area is 325 Å². The molecule has 8 rings (SSSR count). The van der Waals surface area contributed by atoms with E-state index < -0.39 is 60.4 Å². The summed E-state index contributed by atoms with van der Waals surface area (Å²) >= 11 is 0. The summed E-state index contributed by atoms with van der Waals surface area (Å²) in [7, 11) is 0. The number of hydrogen-bond donors (Lipinski definition) is 0. The average Bonchev–Trinajstić information content (AvgIpc) is 3.21. The number of benzene rings is 6. The third-order valence-electron chi connectivity index (χ3n) is 10.2. The van der Waals surface area contributed by atoms with Gasteiger partial charge in [0.05, 0.1) is 19.4 Å². The number of ether oxygens (including phenoxy) is 1. The van der Waals surface area contributed by atoms with Gasteiger partial charge in [-0.15, -0.1) is 0 Å². The summed E-state index contributed by atoms with van der Waals surface area (Å²) in [5.74, 6) is 1.03. The molecule has 0 radical (unpaired) electrons. The molecule has 0 aromatic heterocycles. The first-order valence-corrected chi connectivity index (χ1v) is 17.8. The molecule has 2 aliphatic rings. The fourth-order valence-corrected chi connectivity index (χ4v) is 7.27. The van der Waals surface area contributed by atoms with Crippen molar-refractivity contribution in [1.82, 2.24) is 0 Å². The summed E-state index contributed by atoms with van der Waals surface area (Å²) in [6, 6.07) is 18.4. The highest BCUT2D eigenvalue weighted by molar-refractivity contribution is 6.99. The van der Waals surface area contributed by atoms with Crippen LogP contribution in [0.2, 0.25) is 0 Å². The monoisotopic (exact) mass is 690 g/mol. The van der Waals surface area contributed by atoms with Gasteiger partial charge in [-0.2, -0.15) is 0 Å². The van der Waals surface area contributed by atoms with Gasteiger partial charge in [0.1, 0.15) is 11.5 Å². The second-order valence-electron chi connectivity index (χ2n) is 16.9. The van der Waals surface area contributed by atoms with Gasteiger partial charge in [0.15, 0.2) is 0 Å². The Bertz CT molecular complexity index is 2730. The zero-order valence-electron chi connectivity index (χ0n) is 41.3. The van der Waals surface area contributed by atoms with Crippen molar-refractivity contribution >= 4 is 57.2 Å². The number of rotatable bonds is 4. The average molecular weight is 691 g/mol. The second kappa shape index (κ2) is 12.2. The Hall–Kier alpha value is -5.22. The van der Waals surface area contributed by atoms with Gasteiger partial charge in [-0.25, -0.2) is 0 Å². The van der Waals surface area contributed by atoms with Crippen LogP contribution in [0.25, 0.3) is 0 Å². The number of anilines is 6. The SMILES string of the molecule is [2H]c1c([2H])c([2H])c(N(c2cc3c4c(c2)N(c2ccc(C(C)(C)C)cc2)c2ccc(C(C)(C)C)cc2B4c2cc(C(C)(C)C)ccc2O3)c2c([2H])c([2H])c([2H])c([2H])c2[2H])c([2H])c1[2H]. The highest BCUT2D eigenvalue weighted by atomic mass is 16.5. The molecule has 0 atom stereocenters. The van der Waals surface area contributed by atoms with Crippen LogP contribution in [0.15, 0.2) is 133 Å². The van der Waals surface area contributed by atoms with Crippen molar-refractivity contribution in [3.8, 4) is 11.5 Å². The molecule has 260 valence electrons. The Morgan fingerprint density at radius 2 is 1.04 bits per heavy atom. The molecule has 2 heterocycles. The lowest BCUT2D eigenvalue weighted by atomic mass is 9.33. The van der Waals surface area contributed by atoms with E-state index in [4.69, 9.17) is 18.4 Å². The van der Waals surface area contributed by atoms with Crippen molar-refractivity contribution in [3.05, 3.63) is 150 Å². The molecule has 4 heteroatoms. The van der Waals surface area contributed by atoms with Gasteiger partial charge in [-0.3, -0.25) is 0 Å². The topological polar surface area (TPSA) is 15.7 Å². The molecule has 0 bridgehead atoms. The maximum absolute atomic E-state index is 9.15. The zero-order chi connectivity index (χ0) is 45.3. The minimum absolute atomic E-state index is 0.124. The molecule has 0 N–H and O–H groups in total. The van der Waals surface area contributed by atoms with Crippen molar-refractivity contribution in [2.45, 2.75) is 78.6 Å². The zero-order valence-corrected chi connectivity index (χ0v) is 31.3. The van der Waals surface area contributed by atoms with Crippen LogP contribution in [0.3, 0.4) is 0 Å². The molecule has 6 aromatic carbocycles. The Morgan fingerprint density at radius 3 is 1.60 bits per heavy atom. The Morgan fingerprint density at radius 1 is 0.519 bits per heavy atom. The standard InChI is InChI=1S/C48H49BN2O/c1-46(2,3)32-20-24-37(25-21-32)51-41-26-22-33(47(4,5)6)28-39(41)49-40-29-34(48(7,8)9)23-27-43(40)52-44-31-38(30-42(51)45(44)49)50(35-16-12-10-13-17-35)36-18-14-11-15-19-36/h10-31H,1-9H3/i10D,11D,12D,13D,14D,15D,16D,17D,18D,19D. The van der Waals surface area contributed by atoms with E-state index in [0.29, 0.717) is 17.2 Å². The van der Waals surface area contributed by atoms with Gasteiger partial charge in [-0.05, 0) is 104 Å². The van der Waals surface area contributed by atoms with Crippen LogP contribution in [-0.4, -0.2) is 6.71 Å². The third kappa shape index (κ3) is 5.89. The summed E-state index contributed by atoms with van der Waals surface area (Å²) in [6.45, 7) is 19.2. The number of para-hydroxylation sites is 2. The lowest BCUT2D eigenvalue weighted by molar-refractivity contribution is 0.486. The maximum Gasteiger partial charge on any atom is 0.256 e. The molecule has 0 spiro atoms. The summed E-state index contributed by atoms with van der Waals surface area (Å²) in [4.78, 5) is 3.34. The number of fused-ring (bicyclic) bond motifs is 4. The van der Waals surface area contributed by atoms with E-state index in [2.05, 4.69) is 122 Å². The molecule has 3 nitrogen and oxygen atoms in total. The van der Waals surface area contributed by atoms with Crippen LogP contribution in [-0.2, 0) is 16.2 Å². The van der Waals surface area contributed by atoms with Crippen LogP contribution in [0, 0.1) is 0 Å². The largest absolute Gasteiger partial charge is 0.458 e. The lowest BCUT2D eigenvalue weighted by Gasteiger charge is -2.42. The fourth-order valence-electron chi connectivity index (χ4n) is 7.27. The summed E-state index contributed by atoms with van der Waals surface area (Å²) < 4.78 is 95.0. The van der Waals surface area contributed by atoms with Crippen LogP contribution in [0.1, 0.15) is 92.7 Å². The third-order valence-corrected chi connectivity index (χ3v) is 10.2. The molecule has 0 unspecified atom stereocenters. The van der Waals surface area contributed by atoms with Crippen molar-refractivity contribution in [2.75, 3.05) is 9.80 Å². The Balaban J connectivity index is 1.53. The van der Waals surface area contributed by atoms with E-state index in [1.807, 2.05) is 12.1 Å². The molecule has 0 aliphatic carbocycles. The van der Waals surface area contributed by atoms with Crippen molar-refractivity contribution in [1.29, 1.82) is 0 Å². The number of nitrogens with zero attached hydrogens (tertiary/aromatic N) is 2. The van der Waals surface area contributed by atoms with E-state index in [1.165, 1.54) is 4.90 Å². The van der Waals surface area contributed by atoms with Crippen LogP contribution < -0.4 is 30.9 Å². The van der Waals surface area contributed by atoms with Gasteiger partial charge in [0, 0.05) is 34.5 Å². The summed E-state index contributed by atoms with van der Waals surface area (Å²) in [6.07, 6.45) is 0. The normalized spacial score (nSPS) is 16.2. The van der Waals surface area contributed by atoms with E-state index in [0.717, 1.165) is 44.5 Å². The van der Waals surface area contributed by atoms with E-state index in [9.17, 15) is 0 Å². The van der Waals surface area contributed by atoms with Gasteiger partial charge >= 0.3 is 0 Å². The molecule has 0 fully saturated rings. The maximum atomic E-state index is 9.15. The van der Waals surface area contributed by atoms with Crippen LogP contribution >= 0.6 is 0 Å². The molecular weight excluding hydrogens is 631 g/mol. The highest BCUT2D eigenvalue weighted by Crippen LogP contribution is 2.46. The molecular formula is C48H49BN2O. The minimum Gasteiger partial charge on any atom is -0.458 e. The smallest absolute Gasteiger partial charge is 0.256 e. The number of hydrogen-bond acceptors (Lipinski definition) is 3. The van der Waals surface area contributed by atoms with E-state index >= 15 is 0 Å². The Kier molecular flexibility index (Phi) is 5.65. The molecule has 0 saturated heterocycles. The fraction of sp³-hybridized carbons (Fsp3) is 0.250. The first kappa shape index (κ1) is 24.1.